The van der Waals surface area contributed by atoms with Crippen LogP contribution in [0.1, 0.15) is 12.8 Å². The van der Waals surface area contributed by atoms with E-state index < -0.39 is 6.09 Å². The molecule has 6 nitrogen and oxygen atoms in total. The van der Waals surface area contributed by atoms with Crippen molar-refractivity contribution >= 4 is 23.5 Å². The molecule has 0 aromatic carbocycles. The molecule has 0 unspecified atom stereocenters. The van der Waals surface area contributed by atoms with Crippen molar-refractivity contribution in [3.05, 3.63) is 17.5 Å². The fourth-order valence-electron chi connectivity index (χ4n) is 2.01. The summed E-state index contributed by atoms with van der Waals surface area (Å²) in [5.74, 6) is 1.03. The van der Waals surface area contributed by atoms with Crippen molar-refractivity contribution in [2.75, 3.05) is 25.0 Å². The van der Waals surface area contributed by atoms with Gasteiger partial charge < -0.3 is 15.3 Å². The van der Waals surface area contributed by atoms with Gasteiger partial charge in [0.2, 0.25) is 0 Å². The minimum absolute atomic E-state index is 0.362. The van der Waals surface area contributed by atoms with E-state index in [9.17, 15) is 4.79 Å². The van der Waals surface area contributed by atoms with E-state index in [2.05, 4.69) is 15.3 Å². The molecule has 2 heterocycles. The van der Waals surface area contributed by atoms with Crippen molar-refractivity contribution in [2.45, 2.75) is 12.8 Å². The van der Waals surface area contributed by atoms with Crippen LogP contribution >= 0.6 is 11.6 Å². The largest absolute Gasteiger partial charge is 0.465 e. The molecular weight excluding hydrogens is 256 g/mol. The molecule has 0 atom stereocenters. The lowest BCUT2D eigenvalue weighted by molar-refractivity contribution is 0.126. The van der Waals surface area contributed by atoms with E-state index in [1.54, 1.807) is 12.4 Å². The molecule has 2 rings (SSSR count). The SMILES string of the molecule is O=C(O)N1CCC(CNc2nccnc2Cl)CC1. The monoisotopic (exact) mass is 270 g/mol. The van der Waals surface area contributed by atoms with E-state index in [4.69, 9.17) is 16.7 Å². The van der Waals surface area contributed by atoms with Gasteiger partial charge in [0, 0.05) is 32.0 Å². The van der Waals surface area contributed by atoms with E-state index in [1.807, 2.05) is 0 Å². The molecule has 1 aromatic rings. The third kappa shape index (κ3) is 3.22. The molecule has 0 spiro atoms. The number of aromatic nitrogens is 2. The Morgan fingerprint density at radius 1 is 1.44 bits per heavy atom. The van der Waals surface area contributed by atoms with Crippen LogP contribution in [-0.2, 0) is 0 Å². The molecule has 1 fully saturated rings. The Hall–Kier alpha value is -1.56. The number of halogens is 1. The maximum atomic E-state index is 10.8. The molecule has 0 saturated carbocycles. The summed E-state index contributed by atoms with van der Waals surface area (Å²) in [5.41, 5.74) is 0. The molecule has 18 heavy (non-hydrogen) atoms. The molecule has 0 bridgehead atoms. The number of rotatable bonds is 3. The van der Waals surface area contributed by atoms with Crippen LogP contribution in [0, 0.1) is 5.92 Å². The number of anilines is 1. The van der Waals surface area contributed by atoms with Crippen LogP contribution in [0.5, 0.6) is 0 Å². The lowest BCUT2D eigenvalue weighted by atomic mass is 9.97. The maximum absolute atomic E-state index is 10.8. The van der Waals surface area contributed by atoms with E-state index in [-0.39, 0.29) is 0 Å². The van der Waals surface area contributed by atoms with Crippen molar-refractivity contribution in [1.82, 2.24) is 14.9 Å². The van der Waals surface area contributed by atoms with Crippen molar-refractivity contribution in [3.63, 3.8) is 0 Å². The summed E-state index contributed by atoms with van der Waals surface area (Å²) < 4.78 is 0. The summed E-state index contributed by atoms with van der Waals surface area (Å²) in [6.07, 6.45) is 4.01. The average molecular weight is 271 g/mol. The van der Waals surface area contributed by atoms with Gasteiger partial charge in [0.25, 0.3) is 0 Å². The first-order valence-electron chi connectivity index (χ1n) is 5.85. The summed E-state index contributed by atoms with van der Waals surface area (Å²) in [4.78, 5) is 20.2. The van der Waals surface area contributed by atoms with Gasteiger partial charge in [-0.2, -0.15) is 0 Å². The molecular formula is C11H15ClN4O2. The van der Waals surface area contributed by atoms with Crippen molar-refractivity contribution < 1.29 is 9.90 Å². The number of hydrogen-bond donors (Lipinski definition) is 2. The Bertz CT molecular complexity index is 421. The summed E-state index contributed by atoms with van der Waals surface area (Å²) >= 11 is 5.88. The Morgan fingerprint density at radius 3 is 2.72 bits per heavy atom. The predicted octanol–water partition coefficient (Wildman–Crippen LogP) is 1.93. The first-order valence-corrected chi connectivity index (χ1v) is 6.23. The number of piperidine rings is 1. The molecule has 98 valence electrons. The van der Waals surface area contributed by atoms with Crippen molar-refractivity contribution in [1.29, 1.82) is 0 Å². The van der Waals surface area contributed by atoms with Crippen molar-refractivity contribution in [3.8, 4) is 0 Å². The van der Waals surface area contributed by atoms with Gasteiger partial charge in [-0.05, 0) is 18.8 Å². The number of hydrogen-bond acceptors (Lipinski definition) is 4. The second-order valence-corrected chi connectivity index (χ2v) is 4.65. The quantitative estimate of drug-likeness (QED) is 0.877. The van der Waals surface area contributed by atoms with Gasteiger partial charge in [-0.3, -0.25) is 0 Å². The molecule has 1 saturated heterocycles. The molecule has 1 aliphatic heterocycles. The lowest BCUT2D eigenvalue weighted by Gasteiger charge is -2.30. The fourth-order valence-corrected chi connectivity index (χ4v) is 2.18. The molecule has 1 aliphatic rings. The van der Waals surface area contributed by atoms with Gasteiger partial charge in [-0.25, -0.2) is 14.8 Å². The second kappa shape index (κ2) is 5.86. The van der Waals surface area contributed by atoms with Gasteiger partial charge in [0.15, 0.2) is 11.0 Å². The highest BCUT2D eigenvalue weighted by atomic mass is 35.5. The zero-order chi connectivity index (χ0) is 13.0. The summed E-state index contributed by atoms with van der Waals surface area (Å²) in [6, 6.07) is 0. The summed E-state index contributed by atoms with van der Waals surface area (Å²) in [5, 5.41) is 12.4. The van der Waals surface area contributed by atoms with Crippen LogP contribution < -0.4 is 5.32 Å². The summed E-state index contributed by atoms with van der Waals surface area (Å²) in [7, 11) is 0. The smallest absolute Gasteiger partial charge is 0.407 e. The van der Waals surface area contributed by atoms with Crippen molar-refractivity contribution in [2.24, 2.45) is 5.92 Å². The maximum Gasteiger partial charge on any atom is 0.407 e. The van der Waals surface area contributed by atoms with E-state index in [0.717, 1.165) is 19.4 Å². The van der Waals surface area contributed by atoms with Crippen LogP contribution in [0.15, 0.2) is 12.4 Å². The topological polar surface area (TPSA) is 78.4 Å². The zero-order valence-corrected chi connectivity index (χ0v) is 10.6. The van der Waals surface area contributed by atoms with Crippen LogP contribution in [0.2, 0.25) is 5.15 Å². The number of likely N-dealkylation sites (tertiary alicyclic amines) is 1. The van der Waals surface area contributed by atoms with Gasteiger partial charge in [0.05, 0.1) is 0 Å². The standard InChI is InChI=1S/C11H15ClN4O2/c12-9-10(14-4-3-13-9)15-7-8-1-5-16(6-2-8)11(17)18/h3-4,8H,1-2,5-7H2,(H,14,15)(H,17,18). The number of carbonyl (C=O) groups is 1. The highest BCUT2D eigenvalue weighted by molar-refractivity contribution is 6.31. The van der Waals surface area contributed by atoms with Crippen LogP contribution in [0.4, 0.5) is 10.6 Å². The predicted molar refractivity (Wildman–Crippen MR) is 67.9 cm³/mol. The van der Waals surface area contributed by atoms with Crippen LogP contribution in [-0.4, -0.2) is 45.7 Å². The van der Waals surface area contributed by atoms with E-state index in [1.165, 1.54) is 4.90 Å². The molecule has 2 N–H and O–H groups in total. The fraction of sp³-hybridized carbons (Fsp3) is 0.545. The van der Waals surface area contributed by atoms with Crippen LogP contribution in [0.3, 0.4) is 0 Å². The first kappa shape index (κ1) is 12.9. The number of nitrogens with one attached hydrogen (secondary N) is 1. The second-order valence-electron chi connectivity index (χ2n) is 4.29. The Labute approximate surface area is 110 Å². The third-order valence-electron chi connectivity index (χ3n) is 3.10. The number of amides is 1. The average Bonchev–Trinajstić information content (AvgIpc) is 2.38. The molecule has 0 radical (unpaired) electrons. The van der Waals surface area contributed by atoms with E-state index >= 15 is 0 Å². The zero-order valence-electron chi connectivity index (χ0n) is 9.84. The molecule has 1 aromatic heterocycles. The van der Waals surface area contributed by atoms with E-state index in [0.29, 0.717) is 30.0 Å². The third-order valence-corrected chi connectivity index (χ3v) is 3.37. The first-order chi connectivity index (χ1) is 8.66. The van der Waals surface area contributed by atoms with Gasteiger partial charge >= 0.3 is 6.09 Å². The number of nitrogens with zero attached hydrogens (tertiary/aromatic N) is 3. The molecule has 7 heteroatoms. The normalized spacial score (nSPS) is 16.6. The highest BCUT2D eigenvalue weighted by Crippen LogP contribution is 2.19. The minimum atomic E-state index is -0.835. The minimum Gasteiger partial charge on any atom is -0.465 e. The van der Waals surface area contributed by atoms with Gasteiger partial charge in [-0.1, -0.05) is 11.6 Å². The molecule has 1 amide bonds. The Balaban J connectivity index is 1.79. The highest BCUT2D eigenvalue weighted by Gasteiger charge is 2.22. The van der Waals surface area contributed by atoms with Gasteiger partial charge in [-0.15, -0.1) is 0 Å². The Morgan fingerprint density at radius 2 is 2.11 bits per heavy atom. The molecule has 0 aliphatic carbocycles. The van der Waals surface area contributed by atoms with Crippen LogP contribution in [0.25, 0.3) is 0 Å². The lowest BCUT2D eigenvalue weighted by Crippen LogP contribution is -2.39. The van der Waals surface area contributed by atoms with Gasteiger partial charge in [0.1, 0.15) is 0 Å². The summed E-state index contributed by atoms with van der Waals surface area (Å²) in [6.45, 7) is 1.93. The Kier molecular flexibility index (Phi) is 4.19. The number of carboxylic acid groups (broad SMARTS) is 1.